The summed E-state index contributed by atoms with van der Waals surface area (Å²) < 4.78 is 33.6. The Kier molecular flexibility index (Phi) is 10.8. The molecule has 3 aromatic rings. The van der Waals surface area contributed by atoms with Crippen molar-refractivity contribution in [2.45, 2.75) is 42.7 Å². The highest BCUT2D eigenvalue weighted by Gasteiger charge is 2.31. The van der Waals surface area contributed by atoms with E-state index in [1.54, 1.807) is 31.2 Å². The van der Waals surface area contributed by atoms with E-state index in [2.05, 4.69) is 5.32 Å². The lowest BCUT2D eigenvalue weighted by atomic mass is 10.1. The molecule has 0 fully saturated rings. The van der Waals surface area contributed by atoms with Gasteiger partial charge in [-0.05, 0) is 61.4 Å². The molecule has 2 atom stereocenters. The summed E-state index contributed by atoms with van der Waals surface area (Å²) in [5, 5.41) is 24.3. The first-order chi connectivity index (χ1) is 18.5. The van der Waals surface area contributed by atoms with E-state index >= 15 is 0 Å². The minimum absolute atomic E-state index is 0.00731. The predicted molar refractivity (Wildman–Crippen MR) is 154 cm³/mol. The van der Waals surface area contributed by atoms with Crippen LogP contribution in [0.4, 0.5) is 0 Å². The third-order valence-corrected chi connectivity index (χ3v) is 9.14. The summed E-state index contributed by atoms with van der Waals surface area (Å²) in [6, 6.07) is 19.5. The Morgan fingerprint density at radius 2 is 1.67 bits per heavy atom. The lowest BCUT2D eigenvalue weighted by Gasteiger charge is -2.30. The Morgan fingerprint density at radius 3 is 2.28 bits per heavy atom. The molecule has 0 saturated carbocycles. The largest absolute Gasteiger partial charge is 0.508 e. The predicted octanol–water partition coefficient (Wildman–Crippen LogP) is 4.31. The monoisotopic (exact) mass is 572 g/mol. The van der Waals surface area contributed by atoms with Crippen LogP contribution in [0.5, 0.6) is 11.5 Å². The van der Waals surface area contributed by atoms with Crippen molar-refractivity contribution in [3.8, 4) is 11.5 Å². The van der Waals surface area contributed by atoms with Crippen molar-refractivity contribution in [1.82, 2.24) is 9.62 Å². The quantitative estimate of drug-likeness (QED) is 0.262. The number of ether oxygens (including phenoxy) is 1. The van der Waals surface area contributed by atoms with Gasteiger partial charge in [-0.25, -0.2) is 8.42 Å². The molecule has 0 aliphatic heterocycles. The number of aliphatic hydroxyl groups is 1. The number of amides is 1. The second-order valence-corrected chi connectivity index (χ2v) is 12.6. The molecule has 0 unspecified atom stereocenters. The lowest BCUT2D eigenvalue weighted by molar-refractivity contribution is 0.0810. The SMILES string of the molecule is COc1ccc(S(=O)(=O)N(CC(C)C)C[C@@H](O)[C@H](CSc2ccccc2)NC(=O)c2cccc(O)c2C)cc1. The zero-order chi connectivity index (χ0) is 28.6. The van der Waals surface area contributed by atoms with E-state index in [4.69, 9.17) is 4.74 Å². The molecular weight excluding hydrogens is 536 g/mol. The molecule has 3 N–H and O–H groups in total. The fourth-order valence-electron chi connectivity index (χ4n) is 3.98. The van der Waals surface area contributed by atoms with Gasteiger partial charge in [0.2, 0.25) is 10.0 Å². The average molecular weight is 573 g/mol. The van der Waals surface area contributed by atoms with Gasteiger partial charge in [0.25, 0.3) is 5.91 Å². The van der Waals surface area contributed by atoms with Gasteiger partial charge >= 0.3 is 0 Å². The van der Waals surface area contributed by atoms with Crippen molar-refractivity contribution in [2.24, 2.45) is 5.92 Å². The normalized spacial score (nSPS) is 13.3. The molecular formula is C29H36N2O6S2. The summed E-state index contributed by atoms with van der Waals surface area (Å²) in [5.74, 6) is 0.355. The van der Waals surface area contributed by atoms with Crippen molar-refractivity contribution in [3.63, 3.8) is 0 Å². The maximum atomic E-state index is 13.6. The average Bonchev–Trinajstić information content (AvgIpc) is 2.92. The summed E-state index contributed by atoms with van der Waals surface area (Å²) in [6.45, 7) is 5.41. The van der Waals surface area contributed by atoms with E-state index in [-0.39, 0.29) is 35.2 Å². The molecule has 8 nitrogen and oxygen atoms in total. The van der Waals surface area contributed by atoms with E-state index < -0.39 is 28.1 Å². The molecule has 0 radical (unpaired) electrons. The molecule has 0 saturated heterocycles. The minimum Gasteiger partial charge on any atom is -0.508 e. The van der Waals surface area contributed by atoms with Gasteiger partial charge in [0.1, 0.15) is 11.5 Å². The van der Waals surface area contributed by atoms with Gasteiger partial charge in [-0.1, -0.05) is 38.1 Å². The highest BCUT2D eigenvalue weighted by atomic mass is 32.2. The third kappa shape index (κ3) is 8.22. The third-order valence-electron chi connectivity index (χ3n) is 6.16. The Balaban J connectivity index is 1.88. The van der Waals surface area contributed by atoms with Crippen LogP contribution in [0.3, 0.4) is 0 Å². The number of aromatic hydroxyl groups is 1. The highest BCUT2D eigenvalue weighted by molar-refractivity contribution is 7.99. The van der Waals surface area contributed by atoms with Crippen molar-refractivity contribution in [3.05, 3.63) is 83.9 Å². The van der Waals surface area contributed by atoms with Crippen molar-refractivity contribution in [2.75, 3.05) is 26.0 Å². The van der Waals surface area contributed by atoms with E-state index in [0.29, 0.717) is 17.1 Å². The molecule has 0 bridgehead atoms. The summed E-state index contributed by atoms with van der Waals surface area (Å²) in [7, 11) is -2.44. The van der Waals surface area contributed by atoms with Crippen LogP contribution in [0.2, 0.25) is 0 Å². The van der Waals surface area contributed by atoms with Crippen LogP contribution < -0.4 is 10.1 Å². The van der Waals surface area contributed by atoms with E-state index in [0.717, 1.165) is 4.90 Å². The van der Waals surface area contributed by atoms with Gasteiger partial charge in [-0.3, -0.25) is 4.79 Å². The number of carbonyl (C=O) groups excluding carboxylic acids is 1. The number of nitrogens with one attached hydrogen (secondary N) is 1. The van der Waals surface area contributed by atoms with Gasteiger partial charge in [0, 0.05) is 34.9 Å². The van der Waals surface area contributed by atoms with Crippen LogP contribution in [0.1, 0.15) is 29.8 Å². The van der Waals surface area contributed by atoms with Crippen LogP contribution in [0.15, 0.2) is 82.6 Å². The number of hydrogen-bond donors (Lipinski definition) is 3. The number of rotatable bonds is 13. The van der Waals surface area contributed by atoms with Gasteiger partial charge in [-0.15, -0.1) is 11.8 Å². The molecule has 0 aliphatic carbocycles. The summed E-state index contributed by atoms with van der Waals surface area (Å²) in [6.07, 6.45) is -1.21. The topological polar surface area (TPSA) is 116 Å². The fourth-order valence-corrected chi connectivity index (χ4v) is 6.63. The van der Waals surface area contributed by atoms with E-state index in [9.17, 15) is 23.4 Å². The van der Waals surface area contributed by atoms with Crippen molar-refractivity contribution < 1.29 is 28.2 Å². The van der Waals surface area contributed by atoms with E-state index in [1.807, 2.05) is 44.2 Å². The molecule has 39 heavy (non-hydrogen) atoms. The number of aliphatic hydroxyl groups excluding tert-OH is 1. The molecule has 10 heteroatoms. The number of thioether (sulfide) groups is 1. The molecule has 1 amide bonds. The summed E-state index contributed by atoms with van der Waals surface area (Å²) in [5.41, 5.74) is 0.698. The number of nitrogens with zero attached hydrogens (tertiary/aromatic N) is 1. The zero-order valence-corrected chi connectivity index (χ0v) is 24.2. The zero-order valence-electron chi connectivity index (χ0n) is 22.6. The minimum atomic E-state index is -3.94. The van der Waals surface area contributed by atoms with Crippen molar-refractivity contribution >= 4 is 27.7 Å². The standard InChI is InChI=1S/C29H36N2O6S2/c1-20(2)17-31(39(35,36)24-15-13-22(37-4)14-16-24)18-28(33)26(19-38-23-9-6-5-7-10-23)30-29(34)25-11-8-12-27(32)21(25)3/h5-16,20,26,28,32-33H,17-19H2,1-4H3,(H,30,34)/t26-,28+/m0/s1. The molecule has 0 aromatic heterocycles. The van der Waals surface area contributed by atoms with Gasteiger partial charge in [0.15, 0.2) is 0 Å². The van der Waals surface area contributed by atoms with E-state index in [1.165, 1.54) is 41.4 Å². The Bertz CT molecular complexity index is 1330. The summed E-state index contributed by atoms with van der Waals surface area (Å²) >= 11 is 1.44. The number of benzene rings is 3. The lowest BCUT2D eigenvalue weighted by Crippen LogP contribution is -2.51. The van der Waals surface area contributed by atoms with Gasteiger partial charge in [-0.2, -0.15) is 4.31 Å². The molecule has 0 heterocycles. The number of methoxy groups -OCH3 is 1. The molecule has 3 rings (SSSR count). The Morgan fingerprint density at radius 1 is 1.00 bits per heavy atom. The fraction of sp³-hybridized carbons (Fsp3) is 0.345. The number of carbonyl (C=O) groups is 1. The maximum absolute atomic E-state index is 13.6. The van der Waals surface area contributed by atoms with Crippen LogP contribution in [-0.4, -0.2) is 66.9 Å². The Hall–Kier alpha value is -3.05. The van der Waals surface area contributed by atoms with Gasteiger partial charge in [0.05, 0.1) is 24.2 Å². The van der Waals surface area contributed by atoms with Crippen molar-refractivity contribution in [1.29, 1.82) is 0 Å². The van der Waals surface area contributed by atoms with Gasteiger partial charge < -0.3 is 20.3 Å². The van der Waals surface area contributed by atoms with Crippen LogP contribution >= 0.6 is 11.8 Å². The number of phenols is 1. The second kappa shape index (κ2) is 13.8. The van der Waals surface area contributed by atoms with Crippen LogP contribution in [0.25, 0.3) is 0 Å². The van der Waals surface area contributed by atoms with Crippen LogP contribution in [0, 0.1) is 12.8 Å². The van der Waals surface area contributed by atoms with Crippen LogP contribution in [-0.2, 0) is 10.0 Å². The number of sulfonamides is 1. The second-order valence-electron chi connectivity index (χ2n) is 9.61. The Labute approximate surface area is 235 Å². The summed E-state index contributed by atoms with van der Waals surface area (Å²) in [4.78, 5) is 14.2. The molecule has 3 aromatic carbocycles. The molecule has 0 aliphatic rings. The smallest absolute Gasteiger partial charge is 0.252 e. The first-order valence-corrected chi connectivity index (χ1v) is 15.0. The number of hydrogen-bond acceptors (Lipinski definition) is 7. The molecule has 0 spiro atoms. The first kappa shape index (κ1) is 30.5. The number of phenolic OH excluding ortho intramolecular Hbond substituents is 1. The highest BCUT2D eigenvalue weighted by Crippen LogP contribution is 2.24. The maximum Gasteiger partial charge on any atom is 0.252 e. The molecule has 210 valence electrons. The first-order valence-electron chi connectivity index (χ1n) is 12.6.